The molecule has 0 N–H and O–H groups in total. The van der Waals surface area contributed by atoms with Crippen LogP contribution in [-0.4, -0.2) is 16.7 Å². The van der Waals surface area contributed by atoms with Crippen molar-refractivity contribution >= 4 is 11.8 Å². The third kappa shape index (κ3) is 1.68. The fourth-order valence-electron chi connectivity index (χ4n) is 4.41. The van der Waals surface area contributed by atoms with Crippen LogP contribution in [0, 0.1) is 23.7 Å². The van der Waals surface area contributed by atoms with Crippen molar-refractivity contribution in [2.24, 2.45) is 23.7 Å². The lowest BCUT2D eigenvalue weighted by Gasteiger charge is -2.19. The van der Waals surface area contributed by atoms with Crippen LogP contribution >= 0.6 is 0 Å². The summed E-state index contributed by atoms with van der Waals surface area (Å²) >= 11 is 0. The van der Waals surface area contributed by atoms with Gasteiger partial charge in [0.2, 0.25) is 11.8 Å². The molecule has 22 heavy (non-hydrogen) atoms. The van der Waals surface area contributed by atoms with Gasteiger partial charge in [0.15, 0.2) is 0 Å². The quantitative estimate of drug-likeness (QED) is 0.621. The Morgan fingerprint density at radius 3 is 2.00 bits per heavy atom. The van der Waals surface area contributed by atoms with Gasteiger partial charge in [0.25, 0.3) is 0 Å². The summed E-state index contributed by atoms with van der Waals surface area (Å²) in [6, 6.07) is 9.74. The van der Waals surface area contributed by atoms with E-state index in [-0.39, 0.29) is 35.5 Å². The number of rotatable bonds is 2. The molecule has 3 nitrogen and oxygen atoms in total. The molecule has 2 amide bonds. The van der Waals surface area contributed by atoms with Crippen molar-refractivity contribution in [1.82, 2.24) is 4.90 Å². The van der Waals surface area contributed by atoms with Crippen LogP contribution in [0.25, 0.3) is 0 Å². The van der Waals surface area contributed by atoms with Crippen LogP contribution in [0.15, 0.2) is 53.6 Å². The Morgan fingerprint density at radius 1 is 0.955 bits per heavy atom. The number of allylic oxidation sites excluding steroid dienone is 4. The van der Waals surface area contributed by atoms with E-state index in [1.54, 1.807) is 0 Å². The number of hydrogen-bond donors (Lipinski definition) is 0. The van der Waals surface area contributed by atoms with E-state index >= 15 is 0 Å². The SMILES string of the molecule is CC(C)=C1[C@@H]2C=C[C@@H]1[C@H]1C(=O)N(Cc3ccccc3)C(=O)[C@@H]12. The molecule has 1 aromatic carbocycles. The zero-order valence-corrected chi connectivity index (χ0v) is 12.8. The maximum Gasteiger partial charge on any atom is 0.234 e. The predicted octanol–water partition coefficient (Wildman–Crippen LogP) is 2.94. The van der Waals surface area contributed by atoms with E-state index in [1.807, 2.05) is 30.3 Å². The molecule has 4 rings (SSSR count). The van der Waals surface area contributed by atoms with Crippen molar-refractivity contribution in [2.75, 3.05) is 0 Å². The minimum atomic E-state index is -0.170. The first kappa shape index (κ1) is 13.5. The maximum absolute atomic E-state index is 12.8. The lowest BCUT2D eigenvalue weighted by Crippen LogP contribution is -2.32. The Labute approximate surface area is 130 Å². The lowest BCUT2D eigenvalue weighted by atomic mass is 9.85. The predicted molar refractivity (Wildman–Crippen MR) is 83.5 cm³/mol. The van der Waals surface area contributed by atoms with Gasteiger partial charge in [-0.25, -0.2) is 0 Å². The maximum atomic E-state index is 12.8. The van der Waals surface area contributed by atoms with Gasteiger partial charge in [0, 0.05) is 11.8 Å². The Balaban J connectivity index is 1.66. The molecule has 1 aliphatic heterocycles. The normalized spacial score (nSPS) is 32.1. The third-order valence-electron chi connectivity index (χ3n) is 5.27. The van der Waals surface area contributed by atoms with Gasteiger partial charge in [-0.3, -0.25) is 14.5 Å². The molecular formula is C19H19NO2. The summed E-state index contributed by atoms with van der Waals surface area (Å²) < 4.78 is 0. The average molecular weight is 293 g/mol. The molecule has 2 bridgehead atoms. The van der Waals surface area contributed by atoms with Crippen molar-refractivity contribution < 1.29 is 9.59 Å². The highest BCUT2D eigenvalue weighted by atomic mass is 16.2. The van der Waals surface area contributed by atoms with Crippen LogP contribution in [0.2, 0.25) is 0 Å². The molecular weight excluding hydrogens is 274 g/mol. The van der Waals surface area contributed by atoms with Crippen LogP contribution in [0.4, 0.5) is 0 Å². The van der Waals surface area contributed by atoms with E-state index in [1.165, 1.54) is 16.0 Å². The highest BCUT2D eigenvalue weighted by Gasteiger charge is 2.61. The summed E-state index contributed by atoms with van der Waals surface area (Å²) in [5.74, 6) is -0.0504. The van der Waals surface area contributed by atoms with Crippen LogP contribution in [0.5, 0.6) is 0 Å². The number of fused-ring (bicyclic) bond motifs is 5. The highest BCUT2D eigenvalue weighted by molar-refractivity contribution is 6.07. The van der Waals surface area contributed by atoms with Gasteiger partial charge in [-0.1, -0.05) is 53.6 Å². The zero-order valence-electron chi connectivity index (χ0n) is 12.8. The first-order chi connectivity index (χ1) is 10.6. The minimum absolute atomic E-state index is 0.00875. The highest BCUT2D eigenvalue weighted by Crippen LogP contribution is 2.56. The second-order valence-corrected chi connectivity index (χ2v) is 6.69. The number of imide groups is 1. The Kier molecular flexibility index (Phi) is 2.86. The number of carbonyl (C=O) groups excluding carboxylic acids is 2. The molecule has 0 aromatic heterocycles. The number of carbonyl (C=O) groups is 2. The third-order valence-corrected chi connectivity index (χ3v) is 5.27. The molecule has 4 atom stereocenters. The van der Waals surface area contributed by atoms with E-state index < -0.39 is 0 Å². The first-order valence-electron chi connectivity index (χ1n) is 7.84. The van der Waals surface area contributed by atoms with Crippen molar-refractivity contribution in [1.29, 1.82) is 0 Å². The van der Waals surface area contributed by atoms with Gasteiger partial charge in [-0.15, -0.1) is 0 Å². The van der Waals surface area contributed by atoms with Gasteiger partial charge in [-0.05, 0) is 19.4 Å². The Morgan fingerprint density at radius 2 is 1.50 bits per heavy atom. The molecule has 1 heterocycles. The summed E-state index contributed by atoms with van der Waals surface area (Å²) in [4.78, 5) is 27.1. The fraction of sp³-hybridized carbons (Fsp3) is 0.368. The molecule has 1 saturated carbocycles. The molecule has 0 unspecified atom stereocenters. The van der Waals surface area contributed by atoms with Crippen molar-refractivity contribution in [3.05, 3.63) is 59.2 Å². The summed E-state index contributed by atoms with van der Waals surface area (Å²) in [6.07, 6.45) is 4.26. The smallest absolute Gasteiger partial charge is 0.234 e. The van der Waals surface area contributed by atoms with E-state index in [0.717, 1.165) is 5.56 Å². The molecule has 0 radical (unpaired) electrons. The van der Waals surface area contributed by atoms with Crippen molar-refractivity contribution in [3.8, 4) is 0 Å². The summed E-state index contributed by atoms with van der Waals surface area (Å²) in [5.41, 5.74) is 3.56. The number of nitrogens with zero attached hydrogens (tertiary/aromatic N) is 1. The van der Waals surface area contributed by atoms with Gasteiger partial charge in [0.1, 0.15) is 0 Å². The van der Waals surface area contributed by atoms with Gasteiger partial charge < -0.3 is 0 Å². The standard InChI is InChI=1S/C19H19NO2/c1-11(2)15-13-8-9-14(15)17-16(13)18(21)20(19(17)22)10-12-6-4-3-5-7-12/h3-9,13-14,16-17H,10H2,1-2H3/t13-,14-,16+,17+/m0/s1. The zero-order chi connectivity index (χ0) is 15.4. The number of amides is 2. The Bertz CT molecular complexity index is 678. The van der Waals surface area contributed by atoms with Crippen LogP contribution < -0.4 is 0 Å². The first-order valence-corrected chi connectivity index (χ1v) is 7.84. The second kappa shape index (κ2) is 4.67. The molecule has 2 fully saturated rings. The van der Waals surface area contributed by atoms with Crippen molar-refractivity contribution in [2.45, 2.75) is 20.4 Å². The van der Waals surface area contributed by atoms with Crippen LogP contribution in [0.1, 0.15) is 19.4 Å². The number of hydrogen-bond acceptors (Lipinski definition) is 2. The topological polar surface area (TPSA) is 37.4 Å². The van der Waals surface area contributed by atoms with Gasteiger partial charge in [0.05, 0.1) is 18.4 Å². The second-order valence-electron chi connectivity index (χ2n) is 6.69. The van der Waals surface area contributed by atoms with Crippen LogP contribution in [-0.2, 0) is 16.1 Å². The average Bonchev–Trinajstić information content (AvgIpc) is 3.14. The Hall–Kier alpha value is -2.16. The van der Waals surface area contributed by atoms with E-state index in [2.05, 4.69) is 26.0 Å². The molecule has 2 aliphatic carbocycles. The van der Waals surface area contributed by atoms with E-state index in [4.69, 9.17) is 0 Å². The fourth-order valence-corrected chi connectivity index (χ4v) is 4.41. The van der Waals surface area contributed by atoms with Gasteiger partial charge >= 0.3 is 0 Å². The number of likely N-dealkylation sites (tertiary alicyclic amines) is 1. The minimum Gasteiger partial charge on any atom is -0.278 e. The van der Waals surface area contributed by atoms with E-state index in [9.17, 15) is 9.59 Å². The summed E-state index contributed by atoms with van der Waals surface area (Å²) in [7, 11) is 0. The molecule has 1 saturated heterocycles. The molecule has 3 heteroatoms. The summed E-state index contributed by atoms with van der Waals surface area (Å²) in [5, 5.41) is 0. The molecule has 112 valence electrons. The van der Waals surface area contributed by atoms with Crippen molar-refractivity contribution in [3.63, 3.8) is 0 Å². The molecule has 3 aliphatic rings. The summed E-state index contributed by atoms with van der Waals surface area (Å²) in [6.45, 7) is 4.56. The molecule has 1 aromatic rings. The van der Waals surface area contributed by atoms with E-state index in [0.29, 0.717) is 6.54 Å². The monoisotopic (exact) mass is 293 g/mol. The van der Waals surface area contributed by atoms with Gasteiger partial charge in [-0.2, -0.15) is 0 Å². The van der Waals surface area contributed by atoms with Crippen LogP contribution in [0.3, 0.4) is 0 Å². The molecule has 0 spiro atoms. The number of benzene rings is 1. The lowest BCUT2D eigenvalue weighted by molar-refractivity contribution is -0.141. The largest absolute Gasteiger partial charge is 0.278 e.